The zero-order chi connectivity index (χ0) is 17.1. The molecule has 3 nitrogen and oxygen atoms in total. The van der Waals surface area contributed by atoms with E-state index in [2.05, 4.69) is 62.7 Å². The second kappa shape index (κ2) is 11.8. The van der Waals surface area contributed by atoms with Gasteiger partial charge in [-0.05, 0) is 50.2 Å². The molecule has 0 aliphatic rings. The van der Waals surface area contributed by atoms with Gasteiger partial charge in [-0.2, -0.15) is 0 Å². The minimum Gasteiger partial charge on any atom is -0.326 e. The molecule has 2 unspecified atom stereocenters. The zero-order valence-electron chi connectivity index (χ0n) is 16.5. The Labute approximate surface area is 143 Å². The van der Waals surface area contributed by atoms with E-state index in [0.29, 0.717) is 0 Å². The maximum absolute atomic E-state index is 4.05. The highest BCUT2D eigenvalue weighted by molar-refractivity contribution is 6.90. The van der Waals surface area contributed by atoms with E-state index in [4.69, 9.17) is 0 Å². The lowest BCUT2D eigenvalue weighted by molar-refractivity contribution is 0.529. The fourth-order valence-corrected chi connectivity index (χ4v) is 17.1. The Balaban J connectivity index is 5.83. The average molecular weight is 346 g/mol. The van der Waals surface area contributed by atoms with Crippen molar-refractivity contribution in [3.8, 4) is 0 Å². The summed E-state index contributed by atoms with van der Waals surface area (Å²) in [6.45, 7) is 20.0. The predicted molar refractivity (Wildman–Crippen MR) is 107 cm³/mol. The first-order chi connectivity index (χ1) is 10.6. The summed E-state index contributed by atoms with van der Waals surface area (Å²) >= 11 is 0. The van der Waals surface area contributed by atoms with Gasteiger partial charge in [0.2, 0.25) is 0 Å². The molecule has 2 atom stereocenters. The summed E-state index contributed by atoms with van der Waals surface area (Å²) in [5, 5.41) is 0. The van der Waals surface area contributed by atoms with E-state index in [9.17, 15) is 0 Å². The number of hydrogen-bond acceptors (Lipinski definition) is 3. The second-order valence-electron chi connectivity index (χ2n) is 6.48. The third kappa shape index (κ3) is 5.44. The van der Waals surface area contributed by atoms with Crippen LogP contribution in [0.15, 0.2) is 0 Å². The van der Waals surface area contributed by atoms with Gasteiger partial charge in [-0.15, -0.1) is 0 Å². The maximum atomic E-state index is 4.05. The van der Waals surface area contributed by atoms with Crippen LogP contribution in [0, 0.1) is 0 Å². The van der Waals surface area contributed by atoms with Crippen molar-refractivity contribution in [3.63, 3.8) is 0 Å². The summed E-state index contributed by atoms with van der Waals surface area (Å²) in [6.07, 6.45) is 3.88. The molecule has 0 amide bonds. The van der Waals surface area contributed by atoms with Gasteiger partial charge in [0.15, 0.2) is 16.8 Å². The zero-order valence-corrected chi connectivity index (χ0v) is 18.5. The van der Waals surface area contributed by atoms with E-state index in [-0.39, 0.29) is 0 Å². The van der Waals surface area contributed by atoms with Crippen LogP contribution < -0.4 is 9.96 Å². The molecule has 0 aromatic rings. The van der Waals surface area contributed by atoms with Crippen molar-refractivity contribution in [2.24, 2.45) is 0 Å². The molecule has 0 spiro atoms. The van der Waals surface area contributed by atoms with E-state index >= 15 is 0 Å². The van der Waals surface area contributed by atoms with E-state index in [1.165, 1.54) is 50.0 Å². The molecular formula is C17H43N3Si2. The largest absolute Gasteiger partial charge is 0.326 e. The third-order valence-electron chi connectivity index (χ3n) is 4.99. The monoisotopic (exact) mass is 345 g/mol. The Morgan fingerprint density at radius 3 is 1.27 bits per heavy atom. The van der Waals surface area contributed by atoms with Crippen LogP contribution in [0.4, 0.5) is 0 Å². The lowest BCUT2D eigenvalue weighted by atomic mass is 10.5. The average Bonchev–Trinajstić information content (AvgIpc) is 2.52. The molecule has 0 aliphatic heterocycles. The Bertz CT molecular complexity index is 239. The van der Waals surface area contributed by atoms with Crippen molar-refractivity contribution in [1.29, 1.82) is 0 Å². The van der Waals surface area contributed by atoms with Crippen LogP contribution in [0.25, 0.3) is 0 Å². The first kappa shape index (κ1) is 22.3. The van der Waals surface area contributed by atoms with Crippen molar-refractivity contribution in [1.82, 2.24) is 14.2 Å². The molecule has 0 saturated carbocycles. The normalized spacial score (nSPS) is 17.5. The highest BCUT2D eigenvalue weighted by Crippen LogP contribution is 2.30. The van der Waals surface area contributed by atoms with Crippen LogP contribution in [0.1, 0.15) is 67.7 Å². The van der Waals surface area contributed by atoms with Gasteiger partial charge in [0, 0.05) is 0 Å². The smallest absolute Gasteiger partial charge is 0.198 e. The Kier molecular flexibility index (Phi) is 12.0. The molecule has 22 heavy (non-hydrogen) atoms. The molecule has 0 aromatic carbocycles. The van der Waals surface area contributed by atoms with Crippen LogP contribution in [0.2, 0.25) is 24.2 Å². The van der Waals surface area contributed by atoms with Crippen LogP contribution in [0.5, 0.6) is 0 Å². The summed E-state index contributed by atoms with van der Waals surface area (Å²) in [4.78, 5) is 8.10. The van der Waals surface area contributed by atoms with Gasteiger partial charge in [-0.25, -0.2) is 0 Å². The van der Waals surface area contributed by atoms with Gasteiger partial charge in [0.05, 0.1) is 0 Å². The summed E-state index contributed by atoms with van der Waals surface area (Å²) in [5.74, 6) is 0. The maximum Gasteiger partial charge on any atom is 0.198 e. The summed E-state index contributed by atoms with van der Waals surface area (Å²) in [5.41, 5.74) is 0. The second-order valence-corrected chi connectivity index (χ2v) is 15.3. The molecule has 5 heteroatoms. The molecule has 0 rings (SSSR count). The highest BCUT2D eigenvalue weighted by atomic mass is 28.4. The van der Waals surface area contributed by atoms with Crippen molar-refractivity contribution >= 4 is 16.8 Å². The molecule has 0 radical (unpaired) electrons. The van der Waals surface area contributed by atoms with Gasteiger partial charge in [-0.3, -0.25) is 0 Å². The molecule has 0 fully saturated rings. The molecule has 0 saturated heterocycles. The molecule has 0 bridgehead atoms. The van der Waals surface area contributed by atoms with Crippen molar-refractivity contribution in [2.75, 3.05) is 19.6 Å². The Morgan fingerprint density at radius 2 is 1.05 bits per heavy atom. The molecule has 0 aromatic heterocycles. The molecule has 134 valence electrons. The van der Waals surface area contributed by atoms with Gasteiger partial charge < -0.3 is 14.2 Å². The summed E-state index contributed by atoms with van der Waals surface area (Å²) in [7, 11) is -3.14. The fourth-order valence-electron chi connectivity index (χ4n) is 4.17. The first-order valence-corrected chi connectivity index (χ1v) is 14.6. The van der Waals surface area contributed by atoms with E-state index in [1.54, 1.807) is 0 Å². The topological polar surface area (TPSA) is 27.3 Å². The third-order valence-corrected chi connectivity index (χ3v) is 17.1. The van der Waals surface area contributed by atoms with E-state index in [0.717, 1.165) is 13.1 Å². The first-order valence-electron chi connectivity index (χ1n) is 9.83. The van der Waals surface area contributed by atoms with Gasteiger partial charge in [0.1, 0.15) is 0 Å². The van der Waals surface area contributed by atoms with E-state index in [1.807, 2.05) is 0 Å². The predicted octanol–water partition coefficient (Wildman–Crippen LogP) is 4.66. The van der Waals surface area contributed by atoms with Gasteiger partial charge in [0.25, 0.3) is 0 Å². The number of rotatable bonds is 14. The van der Waals surface area contributed by atoms with Crippen molar-refractivity contribution in [2.45, 2.75) is 91.9 Å². The summed E-state index contributed by atoms with van der Waals surface area (Å²) < 4.78 is 3.07. The van der Waals surface area contributed by atoms with Crippen LogP contribution in [-0.4, -0.2) is 40.7 Å². The van der Waals surface area contributed by atoms with Crippen LogP contribution in [-0.2, 0) is 0 Å². The molecule has 2 N–H and O–H groups in total. The summed E-state index contributed by atoms with van der Waals surface area (Å²) in [6, 6.07) is 5.44. The van der Waals surface area contributed by atoms with Crippen LogP contribution in [0.3, 0.4) is 0 Å². The molecule has 0 heterocycles. The van der Waals surface area contributed by atoms with Crippen molar-refractivity contribution < 1.29 is 0 Å². The number of nitrogens with zero attached hydrogens (tertiary/aromatic N) is 1. The minimum absolute atomic E-state index is 1.12. The Morgan fingerprint density at radius 1 is 0.636 bits per heavy atom. The minimum atomic E-state index is -1.57. The van der Waals surface area contributed by atoms with Crippen LogP contribution >= 0.6 is 0 Å². The lowest BCUT2D eigenvalue weighted by Gasteiger charge is -2.52. The molecular weight excluding hydrogens is 302 g/mol. The molecule has 0 aliphatic carbocycles. The Hall–Kier alpha value is 0.314. The highest BCUT2D eigenvalue weighted by Gasteiger charge is 2.48. The number of hydrogen-bond donors (Lipinski definition) is 2. The fraction of sp³-hybridized carbons (Fsp3) is 1.00. The standard InChI is InChI=1S/C17H43N3Si2/c1-8-15-20(21(13-6,16-9-2)18-11-4)22(14-7,17-10-3)19-12-5/h18-19H,8-17H2,1-7H3. The number of nitrogens with one attached hydrogen (secondary N) is 2. The SMILES string of the molecule is CCCN([Si](CC)(CCC)NCC)[Si](CC)(CCC)NCC. The van der Waals surface area contributed by atoms with E-state index < -0.39 is 16.8 Å². The quantitative estimate of drug-likeness (QED) is 0.448. The lowest BCUT2D eigenvalue weighted by Crippen LogP contribution is -2.77. The van der Waals surface area contributed by atoms with Gasteiger partial charge >= 0.3 is 0 Å². The van der Waals surface area contributed by atoms with Crippen molar-refractivity contribution in [3.05, 3.63) is 0 Å². The van der Waals surface area contributed by atoms with Gasteiger partial charge in [-0.1, -0.05) is 61.3 Å².